The Morgan fingerprint density at radius 2 is 2.04 bits per heavy atom. The molecular weight excluding hydrogens is 321 g/mol. The number of anilines is 2. The lowest BCUT2D eigenvalue weighted by atomic mass is 10.1. The van der Waals surface area contributed by atoms with Crippen LogP contribution in [0.3, 0.4) is 0 Å². The molecule has 0 radical (unpaired) electrons. The van der Waals surface area contributed by atoms with Gasteiger partial charge in [0, 0.05) is 24.8 Å². The summed E-state index contributed by atoms with van der Waals surface area (Å²) in [5.41, 5.74) is 1.02. The highest BCUT2D eigenvalue weighted by Crippen LogP contribution is 2.23. The van der Waals surface area contributed by atoms with Crippen molar-refractivity contribution in [2.24, 2.45) is 0 Å². The zero-order valence-electron chi connectivity index (χ0n) is 15.3. The molecule has 1 aromatic rings. The molecule has 1 aromatic carbocycles. The van der Waals surface area contributed by atoms with Crippen molar-refractivity contribution in [3.05, 3.63) is 24.0 Å². The van der Waals surface area contributed by atoms with E-state index in [9.17, 15) is 9.18 Å². The van der Waals surface area contributed by atoms with Crippen LogP contribution in [0.1, 0.15) is 46.0 Å². The van der Waals surface area contributed by atoms with Crippen molar-refractivity contribution in [2.45, 2.75) is 52.0 Å². The zero-order valence-corrected chi connectivity index (χ0v) is 15.3. The Morgan fingerprint density at radius 1 is 1.28 bits per heavy atom. The number of hydrogen-bond acceptors (Lipinski definition) is 3. The lowest BCUT2D eigenvalue weighted by Crippen LogP contribution is -2.37. The van der Waals surface area contributed by atoms with Crippen molar-refractivity contribution in [2.75, 3.05) is 36.5 Å². The molecule has 25 heavy (non-hydrogen) atoms. The van der Waals surface area contributed by atoms with Crippen LogP contribution in [0.15, 0.2) is 18.2 Å². The standard InChI is InChI=1S/C19H30FN3O2/c1-3-4-5-6-7-15(2)21-19(24)22-16-8-9-18(17(20)14-16)23-10-12-25-13-11-23/h8-9,14-15H,3-7,10-13H2,1-2H3,(H2,21,22,24). The largest absolute Gasteiger partial charge is 0.378 e. The van der Waals surface area contributed by atoms with Crippen LogP contribution in [-0.4, -0.2) is 38.4 Å². The molecule has 5 nitrogen and oxygen atoms in total. The fourth-order valence-electron chi connectivity index (χ4n) is 2.99. The van der Waals surface area contributed by atoms with Gasteiger partial charge in [-0.1, -0.05) is 32.6 Å². The van der Waals surface area contributed by atoms with Gasteiger partial charge >= 0.3 is 6.03 Å². The van der Waals surface area contributed by atoms with E-state index in [0.29, 0.717) is 37.7 Å². The lowest BCUT2D eigenvalue weighted by molar-refractivity contribution is 0.122. The second kappa shape index (κ2) is 10.2. The quantitative estimate of drug-likeness (QED) is 0.692. The van der Waals surface area contributed by atoms with E-state index in [1.807, 2.05) is 11.8 Å². The minimum atomic E-state index is -0.327. The molecule has 0 aliphatic carbocycles. The Balaban J connectivity index is 1.81. The van der Waals surface area contributed by atoms with Crippen molar-refractivity contribution >= 4 is 17.4 Å². The Bertz CT molecular complexity index is 547. The first-order valence-electron chi connectivity index (χ1n) is 9.30. The van der Waals surface area contributed by atoms with Gasteiger partial charge < -0.3 is 20.3 Å². The average Bonchev–Trinajstić information content (AvgIpc) is 2.59. The molecule has 2 N–H and O–H groups in total. The van der Waals surface area contributed by atoms with Gasteiger partial charge in [-0.05, 0) is 31.5 Å². The summed E-state index contributed by atoms with van der Waals surface area (Å²) in [7, 11) is 0. The summed E-state index contributed by atoms with van der Waals surface area (Å²) in [6, 6.07) is 4.64. The molecule has 0 bridgehead atoms. The molecule has 1 atom stereocenters. The average molecular weight is 351 g/mol. The summed E-state index contributed by atoms with van der Waals surface area (Å²) in [5.74, 6) is -0.327. The molecule has 6 heteroatoms. The molecule has 0 aromatic heterocycles. The van der Waals surface area contributed by atoms with Crippen LogP contribution < -0.4 is 15.5 Å². The first kappa shape index (κ1) is 19.5. The van der Waals surface area contributed by atoms with Crippen LogP contribution in [0.5, 0.6) is 0 Å². The van der Waals surface area contributed by atoms with Crippen molar-refractivity contribution in [3.8, 4) is 0 Å². The normalized spacial score (nSPS) is 15.7. The summed E-state index contributed by atoms with van der Waals surface area (Å²) in [6.07, 6.45) is 5.69. The SMILES string of the molecule is CCCCCCC(C)NC(=O)Nc1ccc(N2CCOCC2)c(F)c1. The van der Waals surface area contributed by atoms with Crippen molar-refractivity contribution < 1.29 is 13.9 Å². The van der Waals surface area contributed by atoms with E-state index in [1.54, 1.807) is 12.1 Å². The van der Waals surface area contributed by atoms with Crippen LogP contribution in [-0.2, 0) is 4.74 Å². The van der Waals surface area contributed by atoms with E-state index in [2.05, 4.69) is 17.6 Å². The van der Waals surface area contributed by atoms with E-state index in [4.69, 9.17) is 4.74 Å². The summed E-state index contributed by atoms with van der Waals surface area (Å²) < 4.78 is 19.6. The lowest BCUT2D eigenvalue weighted by Gasteiger charge is -2.29. The van der Waals surface area contributed by atoms with E-state index in [0.717, 1.165) is 12.8 Å². The third-order valence-corrected chi connectivity index (χ3v) is 4.43. The molecule has 0 saturated carbocycles. The Hall–Kier alpha value is -1.82. The van der Waals surface area contributed by atoms with E-state index < -0.39 is 0 Å². The van der Waals surface area contributed by atoms with Gasteiger partial charge in [0.2, 0.25) is 0 Å². The number of halogens is 1. The summed E-state index contributed by atoms with van der Waals surface area (Å²) >= 11 is 0. The monoisotopic (exact) mass is 351 g/mol. The van der Waals surface area contributed by atoms with Gasteiger partial charge in [-0.2, -0.15) is 0 Å². The molecule has 1 saturated heterocycles. The number of unbranched alkanes of at least 4 members (excludes halogenated alkanes) is 3. The number of hydrogen-bond donors (Lipinski definition) is 2. The van der Waals surface area contributed by atoms with Crippen LogP contribution >= 0.6 is 0 Å². The van der Waals surface area contributed by atoms with Crippen LogP contribution in [0.4, 0.5) is 20.6 Å². The van der Waals surface area contributed by atoms with E-state index in [1.165, 1.54) is 25.3 Å². The Kier molecular flexibility index (Phi) is 7.98. The van der Waals surface area contributed by atoms with Gasteiger partial charge in [0.15, 0.2) is 0 Å². The topological polar surface area (TPSA) is 53.6 Å². The number of urea groups is 1. The van der Waals surface area contributed by atoms with Gasteiger partial charge in [-0.25, -0.2) is 9.18 Å². The molecule has 1 fully saturated rings. The van der Waals surface area contributed by atoms with Crippen LogP contribution in [0.25, 0.3) is 0 Å². The minimum Gasteiger partial charge on any atom is -0.378 e. The molecule has 140 valence electrons. The first-order valence-corrected chi connectivity index (χ1v) is 9.30. The Labute approximate surface area is 149 Å². The van der Waals surface area contributed by atoms with Crippen LogP contribution in [0.2, 0.25) is 0 Å². The highest BCUT2D eigenvalue weighted by atomic mass is 19.1. The zero-order chi connectivity index (χ0) is 18.1. The predicted octanol–water partition coefficient (Wildman–Crippen LogP) is 4.14. The van der Waals surface area contributed by atoms with Crippen molar-refractivity contribution in [1.29, 1.82) is 0 Å². The maximum Gasteiger partial charge on any atom is 0.319 e. The Morgan fingerprint density at radius 3 is 2.72 bits per heavy atom. The molecule has 2 rings (SSSR count). The number of nitrogens with zero attached hydrogens (tertiary/aromatic N) is 1. The number of carbonyl (C=O) groups excluding carboxylic acids is 1. The highest BCUT2D eigenvalue weighted by Gasteiger charge is 2.16. The molecule has 1 unspecified atom stereocenters. The van der Waals surface area contributed by atoms with Crippen molar-refractivity contribution in [1.82, 2.24) is 5.32 Å². The molecular formula is C19H30FN3O2. The first-order chi connectivity index (χ1) is 12.1. The number of amides is 2. The highest BCUT2D eigenvalue weighted by molar-refractivity contribution is 5.89. The van der Waals surface area contributed by atoms with Gasteiger partial charge in [0.25, 0.3) is 0 Å². The molecule has 1 aliphatic heterocycles. The molecule has 2 amide bonds. The fraction of sp³-hybridized carbons (Fsp3) is 0.632. The maximum atomic E-state index is 14.3. The number of carbonyl (C=O) groups is 1. The molecule has 1 aliphatic rings. The molecule has 0 spiro atoms. The maximum absolute atomic E-state index is 14.3. The van der Waals surface area contributed by atoms with Crippen LogP contribution in [0, 0.1) is 5.82 Å². The number of benzene rings is 1. The third-order valence-electron chi connectivity index (χ3n) is 4.43. The number of rotatable bonds is 8. The summed E-state index contributed by atoms with van der Waals surface area (Å²) in [5, 5.41) is 5.62. The number of nitrogens with one attached hydrogen (secondary N) is 2. The van der Waals surface area contributed by atoms with Gasteiger partial charge in [0.05, 0.1) is 18.9 Å². The minimum absolute atomic E-state index is 0.106. The second-order valence-corrected chi connectivity index (χ2v) is 6.61. The smallest absolute Gasteiger partial charge is 0.319 e. The summed E-state index contributed by atoms with van der Waals surface area (Å²) in [4.78, 5) is 14.0. The van der Waals surface area contributed by atoms with Gasteiger partial charge in [0.1, 0.15) is 5.82 Å². The molecule has 1 heterocycles. The predicted molar refractivity (Wildman–Crippen MR) is 99.8 cm³/mol. The van der Waals surface area contributed by atoms with Gasteiger partial charge in [-0.3, -0.25) is 0 Å². The third kappa shape index (κ3) is 6.53. The summed E-state index contributed by atoms with van der Waals surface area (Å²) in [6.45, 7) is 6.75. The number of ether oxygens (including phenoxy) is 1. The van der Waals surface area contributed by atoms with Gasteiger partial charge in [-0.15, -0.1) is 0 Å². The van der Waals surface area contributed by atoms with E-state index in [-0.39, 0.29) is 17.9 Å². The van der Waals surface area contributed by atoms with Crippen molar-refractivity contribution in [3.63, 3.8) is 0 Å². The fourth-order valence-corrected chi connectivity index (χ4v) is 2.99. The number of morpholine rings is 1. The van der Waals surface area contributed by atoms with E-state index >= 15 is 0 Å². The second-order valence-electron chi connectivity index (χ2n) is 6.61.